The minimum Gasteiger partial charge on any atom is -0.316 e. The zero-order valence-electron chi connectivity index (χ0n) is 6.60. The SMILES string of the molecule is Cc1ccc(C2(N)CC2(F)F)s1. The quantitative estimate of drug-likeness (QED) is 0.720. The normalized spacial score (nSPS) is 32.0. The summed E-state index contributed by atoms with van der Waals surface area (Å²) in [5.41, 5.74) is 4.16. The second kappa shape index (κ2) is 2.06. The minimum atomic E-state index is -2.69. The van der Waals surface area contributed by atoms with E-state index in [4.69, 9.17) is 5.73 Å². The van der Waals surface area contributed by atoms with E-state index in [1.807, 2.05) is 13.0 Å². The molecular formula is C8H9F2NS. The summed E-state index contributed by atoms with van der Waals surface area (Å²) in [5.74, 6) is -2.69. The van der Waals surface area contributed by atoms with E-state index in [9.17, 15) is 8.78 Å². The molecule has 2 rings (SSSR count). The highest BCUT2D eigenvalue weighted by molar-refractivity contribution is 7.12. The molecule has 1 aliphatic carbocycles. The van der Waals surface area contributed by atoms with E-state index in [1.165, 1.54) is 11.3 Å². The Labute approximate surface area is 73.2 Å². The number of thiophene rings is 1. The molecule has 12 heavy (non-hydrogen) atoms. The van der Waals surface area contributed by atoms with Gasteiger partial charge < -0.3 is 5.73 Å². The number of hydrogen-bond donors (Lipinski definition) is 1. The number of aryl methyl sites for hydroxylation is 1. The number of rotatable bonds is 1. The Bertz CT molecular complexity index is 321. The highest BCUT2D eigenvalue weighted by Gasteiger charge is 2.70. The number of alkyl halides is 2. The minimum absolute atomic E-state index is 0.208. The molecule has 0 radical (unpaired) electrons. The van der Waals surface area contributed by atoms with Crippen LogP contribution in [0.3, 0.4) is 0 Å². The molecule has 1 atom stereocenters. The Balaban J connectivity index is 2.34. The molecular weight excluding hydrogens is 180 g/mol. The summed E-state index contributed by atoms with van der Waals surface area (Å²) in [4.78, 5) is 1.63. The van der Waals surface area contributed by atoms with Crippen molar-refractivity contribution in [1.82, 2.24) is 0 Å². The van der Waals surface area contributed by atoms with Crippen LogP contribution in [0.15, 0.2) is 12.1 Å². The molecule has 1 fully saturated rings. The molecule has 0 amide bonds. The molecule has 1 nitrogen and oxygen atoms in total. The van der Waals surface area contributed by atoms with Crippen LogP contribution in [0, 0.1) is 6.92 Å². The summed E-state index contributed by atoms with van der Waals surface area (Å²) < 4.78 is 25.5. The first-order valence-electron chi connectivity index (χ1n) is 3.69. The molecule has 1 heterocycles. The largest absolute Gasteiger partial charge is 0.316 e. The standard InChI is InChI=1S/C8H9F2NS/c1-5-2-3-6(12-5)7(11)4-8(7,9)10/h2-3H,4,11H2,1H3. The van der Waals surface area contributed by atoms with Gasteiger partial charge in [0.25, 0.3) is 5.92 Å². The average molecular weight is 189 g/mol. The number of halogens is 2. The van der Waals surface area contributed by atoms with Gasteiger partial charge in [0.2, 0.25) is 0 Å². The van der Waals surface area contributed by atoms with Crippen LogP contribution in [-0.2, 0) is 5.54 Å². The predicted molar refractivity (Wildman–Crippen MR) is 44.5 cm³/mol. The molecule has 1 aromatic rings. The van der Waals surface area contributed by atoms with Gasteiger partial charge in [-0.3, -0.25) is 0 Å². The number of nitrogens with two attached hydrogens (primary N) is 1. The van der Waals surface area contributed by atoms with Crippen molar-refractivity contribution >= 4 is 11.3 Å². The van der Waals surface area contributed by atoms with Gasteiger partial charge >= 0.3 is 0 Å². The second-order valence-corrected chi connectivity index (χ2v) is 4.55. The van der Waals surface area contributed by atoms with Crippen molar-refractivity contribution in [2.24, 2.45) is 5.73 Å². The summed E-state index contributed by atoms with van der Waals surface area (Å²) in [6, 6.07) is 3.52. The van der Waals surface area contributed by atoms with Crippen LogP contribution < -0.4 is 5.73 Å². The third kappa shape index (κ3) is 0.912. The molecule has 0 bridgehead atoms. The lowest BCUT2D eigenvalue weighted by molar-refractivity contribution is 0.0899. The first-order chi connectivity index (χ1) is 5.46. The van der Waals surface area contributed by atoms with Crippen molar-refractivity contribution in [2.45, 2.75) is 24.8 Å². The molecule has 0 aliphatic heterocycles. The Hall–Kier alpha value is -0.480. The average Bonchev–Trinajstić information content (AvgIpc) is 2.37. The molecule has 2 N–H and O–H groups in total. The lowest BCUT2D eigenvalue weighted by Gasteiger charge is -2.05. The van der Waals surface area contributed by atoms with E-state index in [1.54, 1.807) is 6.07 Å². The number of hydrogen-bond acceptors (Lipinski definition) is 2. The predicted octanol–water partition coefficient (Wildman–Crippen LogP) is 2.25. The van der Waals surface area contributed by atoms with Crippen molar-refractivity contribution in [3.05, 3.63) is 21.9 Å². The molecule has 1 aromatic heterocycles. The smallest absolute Gasteiger partial charge is 0.273 e. The summed E-state index contributed by atoms with van der Waals surface area (Å²) in [6.45, 7) is 1.89. The summed E-state index contributed by atoms with van der Waals surface area (Å²) in [6.07, 6.45) is -0.208. The van der Waals surface area contributed by atoms with Crippen molar-refractivity contribution in [1.29, 1.82) is 0 Å². The first-order valence-corrected chi connectivity index (χ1v) is 4.51. The van der Waals surface area contributed by atoms with Crippen LogP contribution in [0.2, 0.25) is 0 Å². The molecule has 66 valence electrons. The Morgan fingerprint density at radius 1 is 1.50 bits per heavy atom. The lowest BCUT2D eigenvalue weighted by Crippen LogP contribution is -2.25. The van der Waals surface area contributed by atoms with Gasteiger partial charge in [-0.15, -0.1) is 11.3 Å². The monoisotopic (exact) mass is 189 g/mol. The van der Waals surface area contributed by atoms with E-state index in [2.05, 4.69) is 0 Å². The van der Waals surface area contributed by atoms with E-state index < -0.39 is 11.5 Å². The molecule has 0 saturated heterocycles. The summed E-state index contributed by atoms with van der Waals surface area (Å²) in [5, 5.41) is 0. The van der Waals surface area contributed by atoms with Gasteiger partial charge in [-0.2, -0.15) is 0 Å². The van der Waals surface area contributed by atoms with Gasteiger partial charge in [-0.1, -0.05) is 0 Å². The topological polar surface area (TPSA) is 26.0 Å². The Morgan fingerprint density at radius 2 is 2.08 bits per heavy atom. The summed E-state index contributed by atoms with van der Waals surface area (Å²) >= 11 is 1.35. The van der Waals surface area contributed by atoms with Crippen LogP contribution in [0.25, 0.3) is 0 Å². The Morgan fingerprint density at radius 3 is 2.42 bits per heavy atom. The van der Waals surface area contributed by atoms with E-state index >= 15 is 0 Å². The van der Waals surface area contributed by atoms with Gasteiger partial charge in [0, 0.05) is 16.2 Å². The lowest BCUT2D eigenvalue weighted by atomic mass is 10.2. The molecule has 1 saturated carbocycles. The zero-order valence-corrected chi connectivity index (χ0v) is 7.42. The fraction of sp³-hybridized carbons (Fsp3) is 0.500. The fourth-order valence-electron chi connectivity index (χ4n) is 1.25. The zero-order chi connectivity index (χ0) is 8.98. The maximum atomic E-state index is 12.8. The molecule has 1 unspecified atom stereocenters. The van der Waals surface area contributed by atoms with Crippen LogP contribution in [0.5, 0.6) is 0 Å². The molecule has 1 aliphatic rings. The van der Waals surface area contributed by atoms with Gasteiger partial charge in [-0.05, 0) is 19.1 Å². The van der Waals surface area contributed by atoms with E-state index in [-0.39, 0.29) is 6.42 Å². The summed E-state index contributed by atoms with van der Waals surface area (Å²) in [7, 11) is 0. The van der Waals surface area contributed by atoms with Crippen LogP contribution >= 0.6 is 11.3 Å². The third-order valence-electron chi connectivity index (χ3n) is 2.21. The van der Waals surface area contributed by atoms with E-state index in [0.717, 1.165) is 4.88 Å². The van der Waals surface area contributed by atoms with Crippen LogP contribution in [0.4, 0.5) is 8.78 Å². The molecule has 0 aromatic carbocycles. The van der Waals surface area contributed by atoms with Crippen molar-refractivity contribution in [3.8, 4) is 0 Å². The first kappa shape index (κ1) is 8.13. The fourth-order valence-corrected chi connectivity index (χ4v) is 2.27. The van der Waals surface area contributed by atoms with Crippen LogP contribution in [-0.4, -0.2) is 5.92 Å². The second-order valence-electron chi connectivity index (χ2n) is 3.26. The van der Waals surface area contributed by atoms with Crippen LogP contribution in [0.1, 0.15) is 16.2 Å². The van der Waals surface area contributed by atoms with Gasteiger partial charge in [0.15, 0.2) is 0 Å². The highest BCUT2D eigenvalue weighted by atomic mass is 32.1. The van der Waals surface area contributed by atoms with Crippen molar-refractivity contribution in [2.75, 3.05) is 0 Å². The van der Waals surface area contributed by atoms with Gasteiger partial charge in [0.1, 0.15) is 5.54 Å². The van der Waals surface area contributed by atoms with Crippen molar-refractivity contribution < 1.29 is 8.78 Å². The van der Waals surface area contributed by atoms with Crippen molar-refractivity contribution in [3.63, 3.8) is 0 Å². The maximum Gasteiger partial charge on any atom is 0.273 e. The van der Waals surface area contributed by atoms with E-state index in [0.29, 0.717) is 4.88 Å². The third-order valence-corrected chi connectivity index (χ3v) is 3.39. The van der Waals surface area contributed by atoms with Gasteiger partial charge in [0.05, 0.1) is 0 Å². The van der Waals surface area contributed by atoms with Gasteiger partial charge in [-0.25, -0.2) is 8.78 Å². The maximum absolute atomic E-state index is 12.8. The Kier molecular flexibility index (Phi) is 1.40. The highest BCUT2D eigenvalue weighted by Crippen LogP contribution is 2.58. The molecule has 0 spiro atoms. The molecule has 4 heteroatoms.